The molecule has 0 fully saturated rings. The number of hydrogen-bond donors (Lipinski definition) is 1. The number of hydrogen-bond acceptors (Lipinski definition) is 3. The molecule has 4 heteroatoms. The predicted octanol–water partition coefficient (Wildman–Crippen LogP) is 0.904. The van der Waals surface area contributed by atoms with E-state index in [1.54, 1.807) is 24.4 Å². The van der Waals surface area contributed by atoms with Crippen molar-refractivity contribution >= 4 is 24.5 Å². The van der Waals surface area contributed by atoms with Crippen LogP contribution in [0.25, 0.3) is 6.08 Å². The Balaban J connectivity index is 2.74. The lowest BCUT2D eigenvalue weighted by Crippen LogP contribution is -1.89. The summed E-state index contributed by atoms with van der Waals surface area (Å²) in [5.74, 6) is 0.0714. The summed E-state index contributed by atoms with van der Waals surface area (Å²) in [4.78, 5) is 17.7. The Hall–Kier alpha value is -1.97. The van der Waals surface area contributed by atoms with Crippen molar-refractivity contribution in [2.45, 2.75) is 0 Å². The van der Waals surface area contributed by atoms with E-state index in [2.05, 4.69) is 16.7 Å². The molecule has 1 aromatic rings. The van der Waals surface area contributed by atoms with Gasteiger partial charge in [0.25, 0.3) is 5.91 Å². The molecule has 0 unspecified atom stereocenters. The van der Waals surface area contributed by atoms with Crippen molar-refractivity contribution in [3.05, 3.63) is 30.0 Å². The normalized spacial score (nSPS) is 10.2. The van der Waals surface area contributed by atoms with Crippen molar-refractivity contribution < 1.29 is 4.79 Å². The average Bonchev–Trinajstić information content (AvgIpc) is 2.16. The van der Waals surface area contributed by atoms with Gasteiger partial charge in [0.2, 0.25) is 0 Å². The van der Waals surface area contributed by atoms with Gasteiger partial charge in [-0.2, -0.15) is 0 Å². The van der Waals surface area contributed by atoms with Crippen LogP contribution in [0.4, 0.5) is 5.82 Å². The first-order chi connectivity index (χ1) is 6.22. The Morgan fingerprint density at radius 2 is 2.38 bits per heavy atom. The number of amides is 1. The van der Waals surface area contributed by atoms with Crippen LogP contribution in [0.5, 0.6) is 0 Å². The highest BCUT2D eigenvalue weighted by Gasteiger charge is 1.90. The third-order valence-electron chi connectivity index (χ3n) is 1.38. The lowest BCUT2D eigenvalue weighted by Gasteiger charge is -1.92. The molecule has 0 aliphatic rings. The monoisotopic (exact) mass is 175 g/mol. The highest BCUT2D eigenvalue weighted by Crippen LogP contribution is 2.02. The lowest BCUT2D eigenvalue weighted by atomic mass is 10.2. The fourth-order valence-electron chi connectivity index (χ4n) is 0.736. The van der Waals surface area contributed by atoms with E-state index in [9.17, 15) is 4.79 Å². The number of aromatic nitrogens is 1. The molecule has 0 saturated heterocycles. The summed E-state index contributed by atoms with van der Waals surface area (Å²) in [7, 11) is 0. The van der Waals surface area contributed by atoms with Crippen molar-refractivity contribution in [3.63, 3.8) is 0 Å². The fourth-order valence-corrected chi connectivity index (χ4v) is 0.736. The molecule has 66 valence electrons. The SMILES string of the molecule is C=NC(=O)C=Cc1ccc(N)nc1. The largest absolute Gasteiger partial charge is 0.384 e. The molecule has 2 N–H and O–H groups in total. The molecule has 0 spiro atoms. The summed E-state index contributed by atoms with van der Waals surface area (Å²) in [5.41, 5.74) is 6.18. The van der Waals surface area contributed by atoms with Gasteiger partial charge in [-0.05, 0) is 30.5 Å². The molecule has 4 nitrogen and oxygen atoms in total. The van der Waals surface area contributed by atoms with Crippen molar-refractivity contribution in [3.8, 4) is 0 Å². The predicted molar refractivity (Wildman–Crippen MR) is 52.2 cm³/mol. The molecular weight excluding hydrogens is 166 g/mol. The van der Waals surface area contributed by atoms with Gasteiger partial charge >= 0.3 is 0 Å². The van der Waals surface area contributed by atoms with Gasteiger partial charge in [0, 0.05) is 12.3 Å². The smallest absolute Gasteiger partial charge is 0.269 e. The molecule has 0 saturated carbocycles. The summed E-state index contributed by atoms with van der Waals surface area (Å²) >= 11 is 0. The molecule has 0 bridgehead atoms. The van der Waals surface area contributed by atoms with Gasteiger partial charge in [0.05, 0.1) is 0 Å². The number of anilines is 1. The van der Waals surface area contributed by atoms with Gasteiger partial charge in [0.15, 0.2) is 0 Å². The second kappa shape index (κ2) is 4.15. The first kappa shape index (κ1) is 9.12. The van der Waals surface area contributed by atoms with E-state index in [0.29, 0.717) is 5.82 Å². The van der Waals surface area contributed by atoms with Gasteiger partial charge in [-0.3, -0.25) is 4.79 Å². The van der Waals surface area contributed by atoms with Crippen LogP contribution >= 0.6 is 0 Å². The molecule has 1 rings (SSSR count). The number of pyridine rings is 1. The Kier molecular flexibility index (Phi) is 2.92. The third kappa shape index (κ3) is 2.86. The standard InChI is InChI=1S/C9H9N3O/c1-11-9(13)5-3-7-2-4-8(10)12-6-7/h2-6H,1H2,(H2,10,12). The molecule has 1 heterocycles. The zero-order chi connectivity index (χ0) is 9.68. The van der Waals surface area contributed by atoms with E-state index in [1.807, 2.05) is 0 Å². The number of nitrogens with zero attached hydrogens (tertiary/aromatic N) is 2. The number of carbonyl (C=O) groups is 1. The van der Waals surface area contributed by atoms with Gasteiger partial charge < -0.3 is 5.73 Å². The highest BCUT2D eigenvalue weighted by atomic mass is 16.1. The first-order valence-electron chi connectivity index (χ1n) is 3.62. The van der Waals surface area contributed by atoms with Crippen LogP contribution in [0, 0.1) is 0 Å². The van der Waals surface area contributed by atoms with Crippen LogP contribution in [0.15, 0.2) is 29.4 Å². The van der Waals surface area contributed by atoms with E-state index in [0.717, 1.165) is 5.56 Å². The molecular formula is C9H9N3O. The summed E-state index contributed by atoms with van der Waals surface area (Å²) in [5, 5.41) is 0. The zero-order valence-corrected chi connectivity index (χ0v) is 6.97. The molecule has 0 aromatic carbocycles. The van der Waals surface area contributed by atoms with Gasteiger partial charge in [-0.25, -0.2) is 9.98 Å². The highest BCUT2D eigenvalue weighted by molar-refractivity contribution is 5.94. The fraction of sp³-hybridized carbons (Fsp3) is 0. The molecule has 0 atom stereocenters. The number of nitrogen functional groups attached to an aromatic ring is 1. The quantitative estimate of drug-likeness (QED) is 0.536. The van der Waals surface area contributed by atoms with Gasteiger partial charge in [0.1, 0.15) is 5.82 Å². The van der Waals surface area contributed by atoms with E-state index in [1.165, 1.54) is 6.08 Å². The van der Waals surface area contributed by atoms with Crippen molar-refractivity contribution in [2.75, 3.05) is 5.73 Å². The summed E-state index contributed by atoms with van der Waals surface area (Å²) in [6, 6.07) is 3.42. The maximum absolute atomic E-state index is 10.7. The van der Waals surface area contributed by atoms with Crippen LogP contribution in [0.2, 0.25) is 0 Å². The number of carbonyl (C=O) groups excluding carboxylic acids is 1. The van der Waals surface area contributed by atoms with Crippen molar-refractivity contribution in [1.82, 2.24) is 4.98 Å². The third-order valence-corrected chi connectivity index (χ3v) is 1.38. The maximum atomic E-state index is 10.7. The Morgan fingerprint density at radius 3 is 2.92 bits per heavy atom. The minimum absolute atomic E-state index is 0.378. The lowest BCUT2D eigenvalue weighted by molar-refractivity contribution is -0.113. The first-order valence-corrected chi connectivity index (χ1v) is 3.62. The minimum atomic E-state index is -0.378. The van der Waals surface area contributed by atoms with Crippen molar-refractivity contribution in [2.24, 2.45) is 4.99 Å². The van der Waals surface area contributed by atoms with E-state index < -0.39 is 0 Å². The van der Waals surface area contributed by atoms with E-state index in [-0.39, 0.29) is 5.91 Å². The Bertz CT molecular complexity index is 340. The van der Waals surface area contributed by atoms with Crippen LogP contribution < -0.4 is 5.73 Å². The van der Waals surface area contributed by atoms with Crippen molar-refractivity contribution in [1.29, 1.82) is 0 Å². The number of nitrogens with two attached hydrogens (primary N) is 1. The second-order valence-electron chi connectivity index (χ2n) is 2.35. The molecule has 1 amide bonds. The second-order valence-corrected chi connectivity index (χ2v) is 2.35. The molecule has 1 aromatic heterocycles. The zero-order valence-electron chi connectivity index (χ0n) is 6.97. The number of aliphatic imine (C=N–C) groups is 1. The molecule has 0 aliphatic carbocycles. The van der Waals surface area contributed by atoms with Crippen LogP contribution in [0.3, 0.4) is 0 Å². The summed E-state index contributed by atoms with van der Waals surface area (Å²) < 4.78 is 0. The molecule has 13 heavy (non-hydrogen) atoms. The summed E-state index contributed by atoms with van der Waals surface area (Å²) in [6.45, 7) is 3.10. The van der Waals surface area contributed by atoms with Gasteiger partial charge in [-0.1, -0.05) is 0 Å². The number of rotatable bonds is 2. The summed E-state index contributed by atoms with van der Waals surface area (Å²) in [6.07, 6.45) is 4.49. The molecule has 0 aliphatic heterocycles. The van der Waals surface area contributed by atoms with Crippen LogP contribution in [-0.2, 0) is 4.79 Å². The maximum Gasteiger partial charge on any atom is 0.269 e. The average molecular weight is 175 g/mol. The minimum Gasteiger partial charge on any atom is -0.384 e. The van der Waals surface area contributed by atoms with E-state index in [4.69, 9.17) is 5.73 Å². The Labute approximate surface area is 75.8 Å². The van der Waals surface area contributed by atoms with Crippen LogP contribution in [-0.4, -0.2) is 17.6 Å². The Morgan fingerprint density at radius 1 is 1.62 bits per heavy atom. The van der Waals surface area contributed by atoms with E-state index >= 15 is 0 Å². The van der Waals surface area contributed by atoms with Crippen LogP contribution in [0.1, 0.15) is 5.56 Å². The topological polar surface area (TPSA) is 68.3 Å². The van der Waals surface area contributed by atoms with Gasteiger partial charge in [-0.15, -0.1) is 0 Å². The molecule has 0 radical (unpaired) electrons.